The highest BCUT2D eigenvalue weighted by molar-refractivity contribution is 6.14. The molecule has 2 aromatic heterocycles. The van der Waals surface area contributed by atoms with Crippen LogP contribution >= 0.6 is 0 Å². The molecule has 278 valence electrons. The van der Waals surface area contributed by atoms with E-state index in [-0.39, 0.29) is 0 Å². The summed E-state index contributed by atoms with van der Waals surface area (Å²) in [5.41, 5.74) is 16.5. The van der Waals surface area contributed by atoms with Crippen LogP contribution in [0.25, 0.3) is 94.7 Å². The third-order valence-electron chi connectivity index (χ3n) is 12.9. The molecule has 0 aliphatic heterocycles. The topological polar surface area (TPSA) is 43.6 Å². The third-order valence-corrected chi connectivity index (χ3v) is 12.9. The Bertz CT molecular complexity index is 3440. The molecule has 0 N–H and O–H groups in total. The van der Waals surface area contributed by atoms with Crippen molar-refractivity contribution < 1.29 is 0 Å². The minimum Gasteiger partial charge on any atom is -0.309 e. The van der Waals surface area contributed by atoms with Crippen LogP contribution in [0.1, 0.15) is 22.3 Å². The molecule has 0 amide bonds. The zero-order valence-electron chi connectivity index (χ0n) is 32.4. The number of fused-ring (bicyclic) bond motifs is 14. The second kappa shape index (κ2) is 12.5. The first-order valence-electron chi connectivity index (χ1n) is 20.5. The molecule has 0 bridgehead atoms. The fourth-order valence-corrected chi connectivity index (χ4v) is 10.4. The van der Waals surface area contributed by atoms with Gasteiger partial charge in [-0.25, -0.2) is 15.0 Å². The second-order valence-corrected chi connectivity index (χ2v) is 15.9. The number of hydrogen-bond acceptors (Lipinski definition) is 3. The number of nitrogens with zero attached hydrogens (tertiary/aromatic N) is 4. The van der Waals surface area contributed by atoms with E-state index in [0.29, 0.717) is 17.5 Å². The van der Waals surface area contributed by atoms with Gasteiger partial charge in [-0.1, -0.05) is 176 Å². The van der Waals surface area contributed by atoms with Gasteiger partial charge in [0.2, 0.25) is 0 Å². The lowest BCUT2D eigenvalue weighted by Gasteiger charge is -2.30. The van der Waals surface area contributed by atoms with Crippen LogP contribution in [0.2, 0.25) is 0 Å². The van der Waals surface area contributed by atoms with Crippen molar-refractivity contribution in [3.63, 3.8) is 0 Å². The molecule has 4 nitrogen and oxygen atoms in total. The van der Waals surface area contributed by atoms with Crippen LogP contribution in [0.15, 0.2) is 206 Å². The molecular formula is C56H34N4. The lowest BCUT2D eigenvalue weighted by molar-refractivity contribution is 0.795. The largest absolute Gasteiger partial charge is 0.309 e. The van der Waals surface area contributed by atoms with E-state index in [9.17, 15) is 0 Å². The van der Waals surface area contributed by atoms with Crippen molar-refractivity contribution in [1.82, 2.24) is 19.5 Å². The second-order valence-electron chi connectivity index (χ2n) is 15.9. The summed E-state index contributed by atoms with van der Waals surface area (Å²) in [4.78, 5) is 15.3. The standard InChI is InChI=1S/C56H34N4/c1-3-17-35(18-4-1)53-57-54(36-19-5-2-6-20-36)59-55(58-53)43-31-32-51(41-25-8-7-21-37(41)43)60-50-30-16-12-26-42(50)45-33-49-44(34-52(45)60)40-24-11-15-29-48(40)56(49)46-27-13-9-22-38(46)39-23-10-14-28-47(39)56/h1-34H. The van der Waals surface area contributed by atoms with Gasteiger partial charge in [0, 0.05) is 32.8 Å². The van der Waals surface area contributed by atoms with Crippen LogP contribution in [-0.2, 0) is 5.41 Å². The van der Waals surface area contributed by atoms with Gasteiger partial charge in [0.15, 0.2) is 17.5 Å². The molecular weight excluding hydrogens is 729 g/mol. The molecule has 13 rings (SSSR count). The summed E-state index contributed by atoms with van der Waals surface area (Å²) in [6.45, 7) is 0. The van der Waals surface area contributed by atoms with E-state index in [1.165, 1.54) is 66.3 Å². The van der Waals surface area contributed by atoms with Crippen molar-refractivity contribution >= 4 is 32.6 Å². The lowest BCUT2D eigenvalue weighted by atomic mass is 9.70. The van der Waals surface area contributed by atoms with E-state index in [1.54, 1.807) is 0 Å². The van der Waals surface area contributed by atoms with Crippen molar-refractivity contribution in [2.45, 2.75) is 5.41 Å². The number of para-hydroxylation sites is 1. The zero-order chi connectivity index (χ0) is 39.4. The number of hydrogen-bond donors (Lipinski definition) is 0. The Hall–Kier alpha value is -7.95. The highest BCUT2D eigenvalue weighted by Gasteiger charge is 2.51. The van der Waals surface area contributed by atoms with Gasteiger partial charge in [-0.2, -0.15) is 0 Å². The maximum atomic E-state index is 5.14. The minimum atomic E-state index is -0.410. The first-order chi connectivity index (χ1) is 29.8. The van der Waals surface area contributed by atoms with E-state index in [2.05, 4.69) is 174 Å². The van der Waals surface area contributed by atoms with Crippen molar-refractivity contribution in [1.29, 1.82) is 0 Å². The molecule has 0 fully saturated rings. The fourth-order valence-electron chi connectivity index (χ4n) is 10.4. The van der Waals surface area contributed by atoms with Crippen LogP contribution in [0.3, 0.4) is 0 Å². The van der Waals surface area contributed by atoms with Gasteiger partial charge in [-0.05, 0) is 80.2 Å². The molecule has 9 aromatic carbocycles. The van der Waals surface area contributed by atoms with Gasteiger partial charge in [0.05, 0.1) is 22.1 Å². The van der Waals surface area contributed by atoms with Crippen molar-refractivity contribution in [3.8, 4) is 62.1 Å². The Morgan fingerprint density at radius 3 is 1.40 bits per heavy atom. The maximum Gasteiger partial charge on any atom is 0.164 e. The molecule has 4 heteroatoms. The Morgan fingerprint density at radius 1 is 0.300 bits per heavy atom. The molecule has 0 atom stereocenters. The van der Waals surface area contributed by atoms with Crippen LogP contribution in [0, 0.1) is 0 Å². The average Bonchev–Trinajstić information content (AvgIpc) is 3.92. The van der Waals surface area contributed by atoms with Gasteiger partial charge in [0.1, 0.15) is 0 Å². The predicted octanol–water partition coefficient (Wildman–Crippen LogP) is 13.5. The van der Waals surface area contributed by atoms with E-state index in [0.717, 1.165) is 33.2 Å². The minimum absolute atomic E-state index is 0.410. The lowest BCUT2D eigenvalue weighted by Crippen LogP contribution is -2.25. The summed E-state index contributed by atoms with van der Waals surface area (Å²) in [5.74, 6) is 1.94. The molecule has 0 radical (unpaired) electrons. The summed E-state index contributed by atoms with van der Waals surface area (Å²) < 4.78 is 2.47. The monoisotopic (exact) mass is 762 g/mol. The van der Waals surface area contributed by atoms with Gasteiger partial charge < -0.3 is 4.57 Å². The summed E-state index contributed by atoms with van der Waals surface area (Å²) in [6.07, 6.45) is 0. The van der Waals surface area contributed by atoms with Crippen molar-refractivity contribution in [3.05, 3.63) is 229 Å². The highest BCUT2D eigenvalue weighted by Crippen LogP contribution is 2.63. The molecule has 2 heterocycles. The quantitative estimate of drug-likeness (QED) is 0.179. The molecule has 1 spiro atoms. The number of rotatable bonds is 4. The first kappa shape index (κ1) is 33.1. The zero-order valence-corrected chi connectivity index (χ0v) is 32.4. The van der Waals surface area contributed by atoms with E-state index >= 15 is 0 Å². The Balaban J connectivity index is 1.07. The number of benzene rings is 9. The highest BCUT2D eigenvalue weighted by atomic mass is 15.0. The molecule has 11 aromatic rings. The Labute approximate surface area is 346 Å². The SMILES string of the molecule is c1ccc(-c2nc(-c3ccccc3)nc(-c3ccc(-n4c5ccccc5c5cc6c(cc54)-c4ccccc4C64c5ccccc5-c5ccccc54)c4ccccc34)n2)cc1. The Morgan fingerprint density at radius 2 is 0.783 bits per heavy atom. The molecule has 2 aliphatic rings. The normalized spacial score (nSPS) is 13.1. The van der Waals surface area contributed by atoms with Crippen molar-refractivity contribution in [2.75, 3.05) is 0 Å². The van der Waals surface area contributed by atoms with Crippen LogP contribution in [0.5, 0.6) is 0 Å². The first-order valence-corrected chi connectivity index (χ1v) is 20.5. The number of aromatic nitrogens is 4. The van der Waals surface area contributed by atoms with Crippen LogP contribution < -0.4 is 0 Å². The average molecular weight is 763 g/mol. The van der Waals surface area contributed by atoms with Gasteiger partial charge in [-0.15, -0.1) is 0 Å². The molecule has 60 heavy (non-hydrogen) atoms. The maximum absolute atomic E-state index is 5.14. The fraction of sp³-hybridized carbons (Fsp3) is 0.0179. The predicted molar refractivity (Wildman–Crippen MR) is 244 cm³/mol. The van der Waals surface area contributed by atoms with Gasteiger partial charge in [0.25, 0.3) is 0 Å². The summed E-state index contributed by atoms with van der Waals surface area (Å²) in [7, 11) is 0. The molecule has 0 saturated carbocycles. The summed E-state index contributed by atoms with van der Waals surface area (Å²) in [6, 6.07) is 74.4. The van der Waals surface area contributed by atoms with Crippen molar-refractivity contribution in [2.24, 2.45) is 0 Å². The molecule has 2 aliphatic carbocycles. The van der Waals surface area contributed by atoms with E-state index in [4.69, 9.17) is 15.0 Å². The third kappa shape index (κ3) is 4.47. The molecule has 0 unspecified atom stereocenters. The molecule has 0 saturated heterocycles. The smallest absolute Gasteiger partial charge is 0.164 e. The summed E-state index contributed by atoms with van der Waals surface area (Å²) >= 11 is 0. The van der Waals surface area contributed by atoms with Crippen LogP contribution in [0.4, 0.5) is 0 Å². The van der Waals surface area contributed by atoms with E-state index < -0.39 is 5.41 Å². The van der Waals surface area contributed by atoms with Gasteiger partial charge in [-0.3, -0.25) is 0 Å². The summed E-state index contributed by atoms with van der Waals surface area (Å²) in [5, 5.41) is 4.67. The Kier molecular flexibility index (Phi) is 6.90. The van der Waals surface area contributed by atoms with Crippen LogP contribution in [-0.4, -0.2) is 19.5 Å². The van der Waals surface area contributed by atoms with E-state index in [1.807, 2.05) is 36.4 Å². The van der Waals surface area contributed by atoms with Gasteiger partial charge >= 0.3 is 0 Å².